The van der Waals surface area contributed by atoms with Gasteiger partial charge >= 0.3 is 11.9 Å². The van der Waals surface area contributed by atoms with Gasteiger partial charge < -0.3 is 15.2 Å². The van der Waals surface area contributed by atoms with Crippen molar-refractivity contribution in [2.24, 2.45) is 5.92 Å². The average molecular weight is 187 g/mol. The first-order chi connectivity index (χ1) is 6.06. The summed E-state index contributed by atoms with van der Waals surface area (Å²) in [6, 6.07) is -1.15. The van der Waals surface area contributed by atoms with E-state index in [2.05, 4.69) is 10.1 Å². The SMILES string of the molecule is COC(=O)[C@H]1CC(=O)N[C@@H]1C(=O)O. The number of carboxylic acids is 1. The standard InChI is InChI=1S/C7H9NO5/c1-13-7(12)3-2-4(9)8-5(3)6(10)11/h3,5H,2H2,1H3,(H,8,9)(H,10,11)/t3-,5-/m0/s1. The molecule has 1 rings (SSSR count). The number of esters is 1. The first-order valence-corrected chi connectivity index (χ1v) is 3.66. The van der Waals surface area contributed by atoms with Gasteiger partial charge in [-0.15, -0.1) is 0 Å². The Balaban J connectivity index is 2.77. The number of carbonyl (C=O) groups excluding carboxylic acids is 2. The molecule has 1 aliphatic heterocycles. The molecule has 0 spiro atoms. The molecule has 0 aromatic carbocycles. The smallest absolute Gasteiger partial charge is 0.327 e. The van der Waals surface area contributed by atoms with Crippen molar-refractivity contribution < 1.29 is 24.2 Å². The van der Waals surface area contributed by atoms with E-state index in [0.29, 0.717) is 0 Å². The molecule has 6 nitrogen and oxygen atoms in total. The van der Waals surface area contributed by atoms with E-state index in [0.717, 1.165) is 7.11 Å². The monoisotopic (exact) mass is 187 g/mol. The topological polar surface area (TPSA) is 92.7 Å². The molecule has 0 aromatic heterocycles. The van der Waals surface area contributed by atoms with Gasteiger partial charge in [0, 0.05) is 6.42 Å². The second kappa shape index (κ2) is 3.42. The Morgan fingerprint density at radius 2 is 2.23 bits per heavy atom. The van der Waals surface area contributed by atoms with Gasteiger partial charge in [-0.3, -0.25) is 9.59 Å². The molecular formula is C7H9NO5. The van der Waals surface area contributed by atoms with Crippen LogP contribution in [0.3, 0.4) is 0 Å². The van der Waals surface area contributed by atoms with Crippen molar-refractivity contribution in [1.82, 2.24) is 5.32 Å². The molecule has 0 radical (unpaired) electrons. The highest BCUT2D eigenvalue weighted by Crippen LogP contribution is 2.18. The summed E-state index contributed by atoms with van der Waals surface area (Å²) in [5.74, 6) is -3.25. The van der Waals surface area contributed by atoms with Gasteiger partial charge in [-0.05, 0) is 0 Å². The molecule has 6 heteroatoms. The van der Waals surface area contributed by atoms with Crippen LogP contribution in [0.2, 0.25) is 0 Å². The van der Waals surface area contributed by atoms with E-state index < -0.39 is 29.8 Å². The van der Waals surface area contributed by atoms with Crippen LogP contribution in [0.15, 0.2) is 0 Å². The van der Waals surface area contributed by atoms with Gasteiger partial charge in [-0.25, -0.2) is 4.79 Å². The molecule has 1 aliphatic rings. The van der Waals surface area contributed by atoms with Gasteiger partial charge in [0.05, 0.1) is 13.0 Å². The van der Waals surface area contributed by atoms with E-state index in [9.17, 15) is 14.4 Å². The van der Waals surface area contributed by atoms with Crippen molar-refractivity contribution in [3.63, 3.8) is 0 Å². The third-order valence-electron chi connectivity index (χ3n) is 1.89. The third-order valence-corrected chi connectivity index (χ3v) is 1.89. The largest absolute Gasteiger partial charge is 0.480 e. The van der Waals surface area contributed by atoms with E-state index in [-0.39, 0.29) is 6.42 Å². The first kappa shape index (κ1) is 9.50. The van der Waals surface area contributed by atoms with Gasteiger partial charge in [0.1, 0.15) is 6.04 Å². The third kappa shape index (κ3) is 1.77. The van der Waals surface area contributed by atoms with Gasteiger partial charge in [0.25, 0.3) is 0 Å². The number of carbonyl (C=O) groups is 3. The summed E-state index contributed by atoms with van der Waals surface area (Å²) in [7, 11) is 1.16. The molecule has 1 amide bonds. The fourth-order valence-electron chi connectivity index (χ4n) is 1.26. The van der Waals surface area contributed by atoms with Crippen LogP contribution < -0.4 is 5.32 Å². The fourth-order valence-corrected chi connectivity index (χ4v) is 1.26. The van der Waals surface area contributed by atoms with Crippen molar-refractivity contribution in [3.8, 4) is 0 Å². The Labute approximate surface area is 73.9 Å². The highest BCUT2D eigenvalue weighted by Gasteiger charge is 2.42. The Kier molecular flexibility index (Phi) is 2.50. The summed E-state index contributed by atoms with van der Waals surface area (Å²) in [6.45, 7) is 0. The molecule has 0 saturated carbocycles. The van der Waals surface area contributed by atoms with Crippen molar-refractivity contribution in [2.45, 2.75) is 12.5 Å². The molecule has 1 saturated heterocycles. The van der Waals surface area contributed by atoms with E-state index >= 15 is 0 Å². The number of amides is 1. The van der Waals surface area contributed by atoms with Crippen LogP contribution in [0, 0.1) is 5.92 Å². The maximum Gasteiger partial charge on any atom is 0.327 e. The number of hydrogen-bond acceptors (Lipinski definition) is 4. The number of aliphatic carboxylic acids is 1. The predicted octanol–water partition coefficient (Wildman–Crippen LogP) is -1.25. The number of carboxylic acid groups (broad SMARTS) is 1. The van der Waals surface area contributed by atoms with Crippen molar-refractivity contribution in [3.05, 3.63) is 0 Å². The molecule has 0 unspecified atom stereocenters. The van der Waals surface area contributed by atoms with Crippen LogP contribution in [0.25, 0.3) is 0 Å². The number of nitrogens with one attached hydrogen (secondary N) is 1. The van der Waals surface area contributed by atoms with Crippen molar-refractivity contribution >= 4 is 17.8 Å². The predicted molar refractivity (Wildman–Crippen MR) is 39.7 cm³/mol. The number of methoxy groups -OCH3 is 1. The van der Waals surface area contributed by atoms with E-state index in [4.69, 9.17) is 5.11 Å². The van der Waals surface area contributed by atoms with Gasteiger partial charge in [-0.1, -0.05) is 0 Å². The fraction of sp³-hybridized carbons (Fsp3) is 0.571. The zero-order valence-corrected chi connectivity index (χ0v) is 6.94. The Hall–Kier alpha value is -1.59. The van der Waals surface area contributed by atoms with Gasteiger partial charge in [-0.2, -0.15) is 0 Å². The van der Waals surface area contributed by atoms with Crippen LogP contribution in [0.5, 0.6) is 0 Å². The van der Waals surface area contributed by atoms with E-state index in [1.165, 1.54) is 0 Å². The molecule has 0 bridgehead atoms. The number of hydrogen-bond donors (Lipinski definition) is 2. The van der Waals surface area contributed by atoms with Gasteiger partial charge in [0.2, 0.25) is 5.91 Å². The van der Waals surface area contributed by atoms with E-state index in [1.807, 2.05) is 0 Å². The summed E-state index contributed by atoms with van der Waals surface area (Å²) >= 11 is 0. The lowest BCUT2D eigenvalue weighted by Gasteiger charge is -2.11. The Morgan fingerprint density at radius 3 is 2.69 bits per heavy atom. The highest BCUT2D eigenvalue weighted by molar-refractivity contribution is 5.95. The summed E-state index contributed by atoms with van der Waals surface area (Å²) < 4.78 is 4.37. The maximum atomic E-state index is 11.0. The normalized spacial score (nSPS) is 26.7. The molecular weight excluding hydrogens is 178 g/mol. The molecule has 72 valence electrons. The van der Waals surface area contributed by atoms with Crippen LogP contribution in [0.4, 0.5) is 0 Å². The van der Waals surface area contributed by atoms with Crippen molar-refractivity contribution in [2.75, 3.05) is 7.11 Å². The van der Waals surface area contributed by atoms with Crippen LogP contribution >= 0.6 is 0 Å². The van der Waals surface area contributed by atoms with Crippen LogP contribution in [-0.2, 0) is 19.1 Å². The second-order valence-electron chi connectivity index (χ2n) is 2.72. The molecule has 0 aliphatic carbocycles. The van der Waals surface area contributed by atoms with Crippen LogP contribution in [-0.4, -0.2) is 36.1 Å². The molecule has 2 atom stereocenters. The minimum Gasteiger partial charge on any atom is -0.480 e. The van der Waals surface area contributed by atoms with E-state index in [1.54, 1.807) is 0 Å². The summed E-state index contributed by atoms with van der Waals surface area (Å²) in [5.41, 5.74) is 0. The first-order valence-electron chi connectivity index (χ1n) is 3.66. The Morgan fingerprint density at radius 1 is 1.62 bits per heavy atom. The quantitative estimate of drug-likeness (QED) is 0.527. The highest BCUT2D eigenvalue weighted by atomic mass is 16.5. The Bertz CT molecular complexity index is 262. The summed E-state index contributed by atoms with van der Waals surface area (Å²) in [6.07, 6.45) is -0.121. The second-order valence-corrected chi connectivity index (χ2v) is 2.72. The van der Waals surface area contributed by atoms with Gasteiger partial charge in [0.15, 0.2) is 0 Å². The average Bonchev–Trinajstić information content (AvgIpc) is 2.46. The molecule has 1 fully saturated rings. The summed E-state index contributed by atoms with van der Waals surface area (Å²) in [5, 5.41) is 10.8. The lowest BCUT2D eigenvalue weighted by atomic mass is 10.0. The molecule has 1 heterocycles. The molecule has 0 aromatic rings. The maximum absolute atomic E-state index is 11.0. The lowest BCUT2D eigenvalue weighted by molar-refractivity contribution is -0.151. The number of ether oxygens (including phenoxy) is 1. The van der Waals surface area contributed by atoms with Crippen molar-refractivity contribution in [1.29, 1.82) is 0 Å². The zero-order valence-electron chi connectivity index (χ0n) is 6.94. The molecule has 13 heavy (non-hydrogen) atoms. The summed E-state index contributed by atoms with van der Waals surface area (Å²) in [4.78, 5) is 32.4. The zero-order chi connectivity index (χ0) is 10.0. The minimum absolute atomic E-state index is 0.121. The molecule has 2 N–H and O–H groups in total. The van der Waals surface area contributed by atoms with Crippen LogP contribution in [0.1, 0.15) is 6.42 Å². The minimum atomic E-state index is -1.22. The number of rotatable bonds is 2. The lowest BCUT2D eigenvalue weighted by Crippen LogP contribution is -2.39.